The number of hydrogen-bond donors (Lipinski definition) is 1. The summed E-state index contributed by atoms with van der Waals surface area (Å²) in [6.45, 7) is 8.88. The number of carbonyl (C=O) groups is 1. The van der Waals surface area contributed by atoms with Crippen molar-refractivity contribution in [2.45, 2.75) is 40.8 Å². The molecular weight excluding hydrogens is 390 g/mol. The fourth-order valence-electron chi connectivity index (χ4n) is 3.74. The third kappa shape index (κ3) is 4.17. The normalized spacial score (nSPS) is 11.1. The molecule has 160 valence electrons. The van der Waals surface area contributed by atoms with Gasteiger partial charge in [0.25, 0.3) is 0 Å². The van der Waals surface area contributed by atoms with Crippen molar-refractivity contribution in [1.82, 2.24) is 19.3 Å². The van der Waals surface area contributed by atoms with Gasteiger partial charge in [-0.1, -0.05) is 29.8 Å². The first-order valence-electron chi connectivity index (χ1n) is 10.4. The quantitative estimate of drug-likeness (QED) is 0.488. The number of nitrogens with zero attached hydrogens (tertiary/aromatic N) is 4. The van der Waals surface area contributed by atoms with Gasteiger partial charge in [-0.05, 0) is 51.0 Å². The highest BCUT2D eigenvalue weighted by molar-refractivity contribution is 5.85. The second kappa shape index (κ2) is 8.26. The molecule has 0 fully saturated rings. The van der Waals surface area contributed by atoms with E-state index in [4.69, 9.17) is 4.74 Å². The predicted octanol–water partition coefficient (Wildman–Crippen LogP) is 5.13. The Balaban J connectivity index is 1.46. The van der Waals surface area contributed by atoms with Crippen LogP contribution < -0.4 is 5.32 Å². The molecule has 0 aliphatic rings. The summed E-state index contributed by atoms with van der Waals surface area (Å²) in [6.07, 6.45) is -0.515. The molecule has 7 nitrogen and oxygen atoms in total. The molecule has 0 bridgehead atoms. The molecule has 0 spiro atoms. The number of carbonyl (C=O) groups excluding carboxylic acids is 1. The zero-order valence-electron chi connectivity index (χ0n) is 18.6. The van der Waals surface area contributed by atoms with Gasteiger partial charge in [0.1, 0.15) is 18.2 Å². The molecule has 31 heavy (non-hydrogen) atoms. The van der Waals surface area contributed by atoms with E-state index in [-0.39, 0.29) is 6.61 Å². The smallest absolute Gasteiger partial charge is 0.413 e. The van der Waals surface area contributed by atoms with Gasteiger partial charge in [0.2, 0.25) is 0 Å². The monoisotopic (exact) mass is 417 g/mol. The van der Waals surface area contributed by atoms with Crippen LogP contribution in [0.4, 0.5) is 10.6 Å². The maximum absolute atomic E-state index is 12.4. The molecule has 4 aromatic rings. The number of aromatic nitrogens is 4. The Kier molecular flexibility index (Phi) is 5.50. The Morgan fingerprint density at radius 3 is 2.65 bits per heavy atom. The number of fused-ring (bicyclic) bond motifs is 1. The van der Waals surface area contributed by atoms with E-state index in [2.05, 4.69) is 47.4 Å². The number of benzene rings is 2. The van der Waals surface area contributed by atoms with Crippen LogP contribution in [0.2, 0.25) is 0 Å². The maximum Gasteiger partial charge on any atom is 0.413 e. The van der Waals surface area contributed by atoms with E-state index in [1.165, 1.54) is 5.56 Å². The molecule has 7 heteroatoms. The fraction of sp³-hybridized carbons (Fsp3) is 0.292. The van der Waals surface area contributed by atoms with Gasteiger partial charge in [-0.3, -0.25) is 5.32 Å². The second-order valence-electron chi connectivity index (χ2n) is 7.79. The third-order valence-corrected chi connectivity index (χ3v) is 5.51. The van der Waals surface area contributed by atoms with E-state index in [0.29, 0.717) is 12.4 Å². The van der Waals surface area contributed by atoms with Crippen molar-refractivity contribution in [1.29, 1.82) is 0 Å². The highest BCUT2D eigenvalue weighted by atomic mass is 16.5. The molecule has 0 aliphatic carbocycles. The van der Waals surface area contributed by atoms with Crippen molar-refractivity contribution in [3.8, 4) is 11.3 Å². The predicted molar refractivity (Wildman–Crippen MR) is 122 cm³/mol. The average Bonchev–Trinajstić information content (AvgIpc) is 3.26. The lowest BCUT2D eigenvalue weighted by Gasteiger charge is -2.08. The molecule has 2 heterocycles. The van der Waals surface area contributed by atoms with Gasteiger partial charge in [0.15, 0.2) is 0 Å². The lowest BCUT2D eigenvalue weighted by atomic mass is 10.0. The Bertz CT molecular complexity index is 1270. The van der Waals surface area contributed by atoms with Crippen LogP contribution >= 0.6 is 0 Å². The average molecular weight is 418 g/mol. The summed E-state index contributed by atoms with van der Waals surface area (Å²) >= 11 is 0. The first kappa shape index (κ1) is 20.7. The summed E-state index contributed by atoms with van der Waals surface area (Å²) < 4.78 is 9.24. The highest BCUT2D eigenvalue weighted by Gasteiger charge is 2.14. The van der Waals surface area contributed by atoms with Crippen LogP contribution in [-0.4, -0.2) is 25.4 Å². The van der Waals surface area contributed by atoms with Gasteiger partial charge in [0, 0.05) is 25.2 Å². The van der Waals surface area contributed by atoms with Gasteiger partial charge in [-0.2, -0.15) is 5.10 Å². The van der Waals surface area contributed by atoms with Crippen LogP contribution in [0.3, 0.4) is 0 Å². The van der Waals surface area contributed by atoms with Crippen LogP contribution in [0.25, 0.3) is 22.3 Å². The van der Waals surface area contributed by atoms with Gasteiger partial charge < -0.3 is 9.30 Å². The van der Waals surface area contributed by atoms with Gasteiger partial charge in [0.05, 0.1) is 16.7 Å². The summed E-state index contributed by atoms with van der Waals surface area (Å²) in [5.41, 5.74) is 7.06. The molecule has 1 amide bonds. The van der Waals surface area contributed by atoms with Crippen molar-refractivity contribution < 1.29 is 9.53 Å². The number of imidazole rings is 1. The van der Waals surface area contributed by atoms with Crippen molar-refractivity contribution >= 4 is 22.9 Å². The zero-order chi connectivity index (χ0) is 22.1. The summed E-state index contributed by atoms with van der Waals surface area (Å²) in [7, 11) is 1.98. The Labute approximate surface area is 181 Å². The van der Waals surface area contributed by atoms with Crippen LogP contribution in [0.15, 0.2) is 42.5 Å². The number of anilines is 1. The topological polar surface area (TPSA) is 74.0 Å². The van der Waals surface area contributed by atoms with Crippen molar-refractivity contribution in [3.63, 3.8) is 0 Å². The molecule has 0 radical (unpaired) electrons. The molecule has 1 N–H and O–H groups in total. The van der Waals surface area contributed by atoms with Crippen LogP contribution in [0.5, 0.6) is 0 Å². The molecule has 2 aromatic carbocycles. The van der Waals surface area contributed by atoms with Gasteiger partial charge in [-0.15, -0.1) is 0 Å². The Hall–Kier alpha value is -3.61. The van der Waals surface area contributed by atoms with Crippen LogP contribution in [0, 0.1) is 20.8 Å². The number of hydrogen-bond acceptors (Lipinski definition) is 4. The SMILES string of the molecule is CCn1nc(-c2ccc(C)cc2C)cc1NC(=O)OCc1ccc2c(c1)nc(C)n2C. The van der Waals surface area contributed by atoms with Crippen molar-refractivity contribution in [2.75, 3.05) is 5.32 Å². The molecule has 2 aromatic heterocycles. The Morgan fingerprint density at radius 1 is 1.10 bits per heavy atom. The first-order chi connectivity index (χ1) is 14.9. The maximum atomic E-state index is 12.4. The Morgan fingerprint density at radius 2 is 1.90 bits per heavy atom. The summed E-state index contributed by atoms with van der Waals surface area (Å²) in [5.74, 6) is 1.55. The summed E-state index contributed by atoms with van der Waals surface area (Å²) in [5, 5.41) is 7.46. The molecule has 0 unspecified atom stereocenters. The molecule has 0 saturated carbocycles. The lowest BCUT2D eigenvalue weighted by Crippen LogP contribution is -2.16. The molecule has 0 aliphatic heterocycles. The van der Waals surface area contributed by atoms with Crippen molar-refractivity contribution in [2.24, 2.45) is 7.05 Å². The van der Waals surface area contributed by atoms with E-state index < -0.39 is 6.09 Å². The molecule has 4 rings (SSSR count). The van der Waals surface area contributed by atoms with Crippen LogP contribution in [-0.2, 0) is 24.9 Å². The minimum atomic E-state index is -0.515. The standard InChI is InChI=1S/C24H27N5O2/c1-6-29-23(13-20(27-29)19-9-7-15(2)11-16(19)3)26-24(30)31-14-18-8-10-22-21(12-18)25-17(4)28(22)5/h7-13H,6,14H2,1-5H3,(H,26,30). The molecular formula is C24H27N5O2. The summed E-state index contributed by atoms with van der Waals surface area (Å²) in [4.78, 5) is 17.0. The van der Waals surface area contributed by atoms with E-state index in [1.807, 2.05) is 49.7 Å². The molecule has 0 saturated heterocycles. The minimum Gasteiger partial charge on any atom is -0.444 e. The zero-order valence-corrected chi connectivity index (χ0v) is 18.6. The lowest BCUT2D eigenvalue weighted by molar-refractivity contribution is 0.155. The fourth-order valence-corrected chi connectivity index (χ4v) is 3.74. The van der Waals surface area contributed by atoms with E-state index >= 15 is 0 Å². The number of amides is 1. The first-order valence-corrected chi connectivity index (χ1v) is 10.4. The largest absolute Gasteiger partial charge is 0.444 e. The molecule has 0 atom stereocenters. The number of nitrogens with one attached hydrogen (secondary N) is 1. The number of ether oxygens (including phenoxy) is 1. The van der Waals surface area contributed by atoms with Gasteiger partial charge in [-0.25, -0.2) is 14.5 Å². The number of aryl methyl sites for hydroxylation is 5. The van der Waals surface area contributed by atoms with Gasteiger partial charge >= 0.3 is 6.09 Å². The third-order valence-electron chi connectivity index (χ3n) is 5.51. The second-order valence-corrected chi connectivity index (χ2v) is 7.79. The minimum absolute atomic E-state index is 0.168. The van der Waals surface area contributed by atoms with Crippen molar-refractivity contribution in [3.05, 3.63) is 65.0 Å². The highest BCUT2D eigenvalue weighted by Crippen LogP contribution is 2.26. The van der Waals surface area contributed by atoms with E-state index in [9.17, 15) is 4.79 Å². The summed E-state index contributed by atoms with van der Waals surface area (Å²) in [6, 6.07) is 14.0. The van der Waals surface area contributed by atoms with Crippen LogP contribution in [0.1, 0.15) is 29.4 Å². The van der Waals surface area contributed by atoms with E-state index in [1.54, 1.807) is 4.68 Å². The number of rotatable bonds is 5. The van der Waals surface area contributed by atoms with E-state index in [0.717, 1.165) is 39.2 Å².